The van der Waals surface area contributed by atoms with Gasteiger partial charge in [0.05, 0.1) is 19.1 Å². The Bertz CT molecular complexity index is 1160. The summed E-state index contributed by atoms with van der Waals surface area (Å²) in [5.41, 5.74) is 1.09. The van der Waals surface area contributed by atoms with Crippen molar-refractivity contribution in [1.82, 2.24) is 4.98 Å². The number of rotatable bonds is 8. The van der Waals surface area contributed by atoms with Gasteiger partial charge >= 0.3 is 0 Å². The Morgan fingerprint density at radius 1 is 1.10 bits per heavy atom. The number of sulfonamides is 1. The lowest BCUT2D eigenvalue weighted by Crippen LogP contribution is -2.14. The molecule has 0 fully saturated rings. The molecule has 0 atom stereocenters. The van der Waals surface area contributed by atoms with Gasteiger partial charge in [-0.2, -0.15) is 0 Å². The molecule has 0 aliphatic rings. The molecule has 0 bridgehead atoms. The van der Waals surface area contributed by atoms with E-state index in [1.54, 1.807) is 48.9 Å². The van der Waals surface area contributed by atoms with Gasteiger partial charge < -0.3 is 14.8 Å². The Balaban J connectivity index is 1.70. The quantitative estimate of drug-likeness (QED) is 0.513. The monoisotopic (exact) mass is 445 g/mol. The van der Waals surface area contributed by atoms with Crippen LogP contribution in [0.4, 0.5) is 10.8 Å². The van der Waals surface area contributed by atoms with E-state index in [1.165, 1.54) is 42.9 Å². The molecule has 0 spiro atoms. The second-order valence-corrected chi connectivity index (χ2v) is 8.48. The fourth-order valence-corrected chi connectivity index (χ4v) is 4.34. The first-order valence-electron chi connectivity index (χ1n) is 8.65. The van der Waals surface area contributed by atoms with Crippen LogP contribution in [-0.2, 0) is 14.8 Å². The lowest BCUT2D eigenvalue weighted by molar-refractivity contribution is -0.111. The molecule has 1 heterocycles. The molecule has 10 heteroatoms. The molecule has 3 rings (SSSR count). The van der Waals surface area contributed by atoms with Crippen molar-refractivity contribution in [2.24, 2.45) is 0 Å². The molecular formula is C20H19N3O5S2. The number of carbonyl (C=O) groups is 1. The van der Waals surface area contributed by atoms with Gasteiger partial charge in [-0.05, 0) is 42.0 Å². The van der Waals surface area contributed by atoms with Gasteiger partial charge in [0.2, 0.25) is 5.91 Å². The lowest BCUT2D eigenvalue weighted by Gasteiger charge is -2.08. The highest BCUT2D eigenvalue weighted by Gasteiger charge is 2.16. The summed E-state index contributed by atoms with van der Waals surface area (Å²) in [4.78, 5) is 16.2. The summed E-state index contributed by atoms with van der Waals surface area (Å²) in [5, 5.41) is 4.58. The number of benzene rings is 2. The van der Waals surface area contributed by atoms with E-state index in [2.05, 4.69) is 15.0 Å². The van der Waals surface area contributed by atoms with Crippen LogP contribution >= 0.6 is 11.3 Å². The van der Waals surface area contributed by atoms with Crippen molar-refractivity contribution in [2.45, 2.75) is 4.90 Å². The first-order chi connectivity index (χ1) is 14.4. The Labute approximate surface area is 178 Å². The predicted molar refractivity (Wildman–Crippen MR) is 117 cm³/mol. The molecular weight excluding hydrogens is 426 g/mol. The average Bonchev–Trinajstić information content (AvgIpc) is 3.24. The number of nitrogens with zero attached hydrogens (tertiary/aromatic N) is 1. The van der Waals surface area contributed by atoms with Gasteiger partial charge in [0.1, 0.15) is 0 Å². The number of carbonyl (C=O) groups excluding carboxylic acids is 1. The SMILES string of the molecule is COc1ccc(/C=C\C(=O)Nc2cccc(S(=O)(=O)Nc3nccs3)c2)cc1OC. The van der Waals surface area contributed by atoms with Gasteiger partial charge in [-0.3, -0.25) is 9.52 Å². The van der Waals surface area contributed by atoms with Crippen molar-refractivity contribution >= 4 is 44.2 Å². The maximum Gasteiger partial charge on any atom is 0.263 e. The minimum absolute atomic E-state index is 0.0133. The normalized spacial score (nSPS) is 11.3. The van der Waals surface area contributed by atoms with Crippen LogP contribution in [0.15, 0.2) is 65.0 Å². The van der Waals surface area contributed by atoms with Crippen molar-refractivity contribution < 1.29 is 22.7 Å². The van der Waals surface area contributed by atoms with E-state index in [0.717, 1.165) is 5.56 Å². The lowest BCUT2D eigenvalue weighted by atomic mass is 10.2. The number of nitrogens with one attached hydrogen (secondary N) is 2. The Morgan fingerprint density at radius 2 is 1.90 bits per heavy atom. The smallest absolute Gasteiger partial charge is 0.263 e. The fraction of sp³-hybridized carbons (Fsp3) is 0.100. The highest BCUT2D eigenvalue weighted by atomic mass is 32.2. The summed E-state index contributed by atoms with van der Waals surface area (Å²) in [5.74, 6) is 0.724. The molecule has 1 amide bonds. The maximum atomic E-state index is 12.5. The summed E-state index contributed by atoms with van der Waals surface area (Å²) in [7, 11) is -0.735. The molecule has 2 aromatic carbocycles. The molecule has 0 radical (unpaired) electrons. The number of hydrogen-bond acceptors (Lipinski definition) is 7. The number of methoxy groups -OCH3 is 2. The van der Waals surface area contributed by atoms with E-state index in [4.69, 9.17) is 9.47 Å². The number of hydrogen-bond donors (Lipinski definition) is 2. The second kappa shape index (κ2) is 9.42. The average molecular weight is 446 g/mol. The van der Waals surface area contributed by atoms with Crippen LogP contribution in [-0.4, -0.2) is 33.5 Å². The van der Waals surface area contributed by atoms with Crippen LogP contribution < -0.4 is 19.5 Å². The highest BCUT2D eigenvalue weighted by Crippen LogP contribution is 2.28. The number of thiazole rings is 1. The molecule has 8 nitrogen and oxygen atoms in total. The first-order valence-corrected chi connectivity index (χ1v) is 11.0. The molecule has 30 heavy (non-hydrogen) atoms. The van der Waals surface area contributed by atoms with Gasteiger partial charge in [-0.1, -0.05) is 12.1 Å². The summed E-state index contributed by atoms with van der Waals surface area (Å²) >= 11 is 1.17. The topological polar surface area (TPSA) is 107 Å². The summed E-state index contributed by atoms with van der Waals surface area (Å²) in [6.07, 6.45) is 4.46. The minimum Gasteiger partial charge on any atom is -0.493 e. The van der Waals surface area contributed by atoms with Gasteiger partial charge in [0.15, 0.2) is 16.6 Å². The van der Waals surface area contributed by atoms with E-state index in [9.17, 15) is 13.2 Å². The van der Waals surface area contributed by atoms with Crippen LogP contribution in [0, 0.1) is 0 Å². The molecule has 0 saturated carbocycles. The van der Waals surface area contributed by atoms with E-state index in [0.29, 0.717) is 17.2 Å². The minimum atomic E-state index is -3.81. The summed E-state index contributed by atoms with van der Waals surface area (Å²) in [6, 6.07) is 11.2. The highest BCUT2D eigenvalue weighted by molar-refractivity contribution is 7.93. The van der Waals surface area contributed by atoms with Gasteiger partial charge in [0.25, 0.3) is 10.0 Å². The number of amides is 1. The van der Waals surface area contributed by atoms with Gasteiger partial charge in [-0.15, -0.1) is 11.3 Å². The summed E-state index contributed by atoms with van der Waals surface area (Å²) in [6.45, 7) is 0. The van der Waals surface area contributed by atoms with E-state index in [1.807, 2.05) is 0 Å². The van der Waals surface area contributed by atoms with Crippen LogP contribution in [0.5, 0.6) is 11.5 Å². The van der Waals surface area contributed by atoms with Crippen LogP contribution in [0.2, 0.25) is 0 Å². The van der Waals surface area contributed by atoms with Crippen LogP contribution in [0.1, 0.15) is 5.56 Å². The molecule has 0 unspecified atom stereocenters. The Hall–Kier alpha value is -3.37. The molecule has 0 saturated heterocycles. The number of anilines is 2. The Kier molecular flexibility index (Phi) is 6.70. The zero-order chi connectivity index (χ0) is 21.6. The largest absolute Gasteiger partial charge is 0.493 e. The van der Waals surface area contributed by atoms with Crippen molar-refractivity contribution in [3.05, 3.63) is 65.7 Å². The van der Waals surface area contributed by atoms with E-state index >= 15 is 0 Å². The molecule has 0 aliphatic carbocycles. The molecule has 156 valence electrons. The maximum absolute atomic E-state index is 12.5. The summed E-state index contributed by atoms with van der Waals surface area (Å²) < 4.78 is 37.7. The number of ether oxygens (including phenoxy) is 2. The van der Waals surface area contributed by atoms with Gasteiger partial charge in [-0.25, -0.2) is 13.4 Å². The first kappa shape index (κ1) is 21.3. The third-order valence-corrected chi connectivity index (χ3v) is 6.05. The zero-order valence-electron chi connectivity index (χ0n) is 16.2. The fourth-order valence-electron chi connectivity index (χ4n) is 2.50. The second-order valence-electron chi connectivity index (χ2n) is 5.91. The predicted octanol–water partition coefficient (Wildman–Crippen LogP) is 3.61. The standard InChI is InChI=1S/C20H19N3O5S2/c1-27-17-8-6-14(12-18(17)28-2)7-9-19(24)22-15-4-3-5-16(13-15)30(25,26)23-20-21-10-11-29-20/h3-13H,1-2H3,(H,21,23)(H,22,24)/b9-7-. The molecule has 0 aliphatic heterocycles. The van der Waals surface area contributed by atoms with Crippen molar-refractivity contribution in [1.29, 1.82) is 0 Å². The zero-order valence-corrected chi connectivity index (χ0v) is 17.8. The van der Waals surface area contributed by atoms with E-state index < -0.39 is 15.9 Å². The Morgan fingerprint density at radius 3 is 2.60 bits per heavy atom. The third-order valence-electron chi connectivity index (χ3n) is 3.90. The van der Waals surface area contributed by atoms with Crippen molar-refractivity contribution in [3.8, 4) is 11.5 Å². The van der Waals surface area contributed by atoms with Crippen molar-refractivity contribution in [3.63, 3.8) is 0 Å². The van der Waals surface area contributed by atoms with E-state index in [-0.39, 0.29) is 10.0 Å². The van der Waals surface area contributed by atoms with Crippen LogP contribution in [0.3, 0.4) is 0 Å². The molecule has 1 aromatic heterocycles. The molecule has 3 aromatic rings. The van der Waals surface area contributed by atoms with Gasteiger partial charge in [0, 0.05) is 23.3 Å². The van der Waals surface area contributed by atoms with Crippen molar-refractivity contribution in [2.75, 3.05) is 24.3 Å². The third kappa shape index (κ3) is 5.37. The van der Waals surface area contributed by atoms with Crippen LogP contribution in [0.25, 0.3) is 6.08 Å². The molecule has 2 N–H and O–H groups in total. The number of aromatic nitrogens is 1.